The fraction of sp³-hybridized carbons (Fsp3) is 0.417. The Bertz CT molecular complexity index is 404. The molecule has 0 aliphatic heterocycles. The fourth-order valence-electron chi connectivity index (χ4n) is 1.52. The average Bonchev–Trinajstić information content (AvgIpc) is 2.27. The van der Waals surface area contributed by atoms with Crippen molar-refractivity contribution in [1.82, 2.24) is 0 Å². The number of carbonyl (C=O) groups excluding carboxylic acids is 1. The lowest BCUT2D eigenvalue weighted by molar-refractivity contribution is 0.0974. The summed E-state index contributed by atoms with van der Waals surface area (Å²) in [5, 5.41) is 19.2. The highest BCUT2D eigenvalue weighted by molar-refractivity contribution is 6.37. The van der Waals surface area contributed by atoms with Crippen LogP contribution in [0.25, 0.3) is 0 Å². The van der Waals surface area contributed by atoms with Crippen molar-refractivity contribution in [3.63, 3.8) is 0 Å². The molecule has 1 aromatic carbocycles. The Labute approximate surface area is 110 Å². The lowest BCUT2D eigenvalue weighted by Gasteiger charge is -2.09. The summed E-state index contributed by atoms with van der Waals surface area (Å²) in [7, 11) is 0. The molecule has 3 nitrogen and oxygen atoms in total. The number of unbranched alkanes of at least 4 members (excludes halogenated alkanes) is 2. The smallest absolute Gasteiger partial charge is 0.170 e. The largest absolute Gasteiger partial charge is 0.505 e. The lowest BCUT2D eigenvalue weighted by atomic mass is 10.0. The maximum atomic E-state index is 11.8. The van der Waals surface area contributed by atoms with Gasteiger partial charge in [0.25, 0.3) is 0 Å². The molecule has 0 aromatic heterocycles. The molecule has 0 aliphatic rings. The molecule has 17 heavy (non-hydrogen) atoms. The number of Topliss-reactive ketones (excluding diaryl/α,β-unsaturated/α-hetero) is 1. The minimum atomic E-state index is -0.407. The van der Waals surface area contributed by atoms with Crippen molar-refractivity contribution in [2.45, 2.75) is 32.6 Å². The van der Waals surface area contributed by atoms with E-state index in [2.05, 4.69) is 0 Å². The number of benzene rings is 1. The molecule has 0 heterocycles. The summed E-state index contributed by atoms with van der Waals surface area (Å²) in [6.07, 6.45) is 2.87. The van der Waals surface area contributed by atoms with Gasteiger partial charge in [0.15, 0.2) is 5.78 Å². The van der Waals surface area contributed by atoms with Gasteiger partial charge in [-0.3, -0.25) is 4.79 Å². The van der Waals surface area contributed by atoms with E-state index in [0.717, 1.165) is 12.8 Å². The van der Waals surface area contributed by atoms with Crippen LogP contribution in [0.4, 0.5) is 0 Å². The first-order chi connectivity index (χ1) is 7.99. The zero-order valence-corrected chi connectivity index (χ0v) is 11.0. The molecular weight excluding hydrogens is 263 g/mol. The molecule has 0 amide bonds. The Morgan fingerprint density at radius 3 is 2.18 bits per heavy atom. The van der Waals surface area contributed by atoms with Crippen molar-refractivity contribution in [1.29, 1.82) is 0 Å². The Morgan fingerprint density at radius 2 is 1.71 bits per heavy atom. The minimum Gasteiger partial charge on any atom is -0.505 e. The van der Waals surface area contributed by atoms with Crippen LogP contribution in [0.1, 0.15) is 43.0 Å². The zero-order valence-electron chi connectivity index (χ0n) is 9.46. The normalized spacial score (nSPS) is 10.5. The van der Waals surface area contributed by atoms with Crippen LogP contribution >= 0.6 is 23.2 Å². The first-order valence-corrected chi connectivity index (χ1v) is 6.17. The molecule has 0 saturated carbocycles. The molecule has 94 valence electrons. The Kier molecular flexibility index (Phi) is 5.09. The third-order valence-electron chi connectivity index (χ3n) is 2.47. The number of phenols is 2. The summed E-state index contributed by atoms with van der Waals surface area (Å²) in [5.74, 6) is -1.16. The summed E-state index contributed by atoms with van der Waals surface area (Å²) in [4.78, 5) is 11.8. The van der Waals surface area contributed by atoms with E-state index >= 15 is 0 Å². The number of rotatable bonds is 5. The summed E-state index contributed by atoms with van der Waals surface area (Å²) in [6, 6.07) is 1.20. The molecule has 0 unspecified atom stereocenters. The van der Waals surface area contributed by atoms with Gasteiger partial charge in [-0.2, -0.15) is 0 Å². The summed E-state index contributed by atoms with van der Waals surface area (Å²) < 4.78 is 0. The molecule has 0 aliphatic carbocycles. The van der Waals surface area contributed by atoms with Crippen molar-refractivity contribution >= 4 is 29.0 Å². The van der Waals surface area contributed by atoms with Gasteiger partial charge in [0.1, 0.15) is 17.1 Å². The Balaban J connectivity index is 3.00. The van der Waals surface area contributed by atoms with E-state index in [4.69, 9.17) is 23.2 Å². The van der Waals surface area contributed by atoms with Gasteiger partial charge in [-0.25, -0.2) is 0 Å². The summed E-state index contributed by atoms with van der Waals surface area (Å²) >= 11 is 11.4. The van der Waals surface area contributed by atoms with Gasteiger partial charge in [-0.1, -0.05) is 43.0 Å². The first-order valence-electron chi connectivity index (χ1n) is 5.42. The van der Waals surface area contributed by atoms with Crippen molar-refractivity contribution in [2.24, 2.45) is 0 Å². The molecule has 0 radical (unpaired) electrons. The van der Waals surface area contributed by atoms with E-state index in [1.807, 2.05) is 6.92 Å². The summed E-state index contributed by atoms with van der Waals surface area (Å²) in [6.45, 7) is 2.02. The van der Waals surface area contributed by atoms with E-state index < -0.39 is 11.5 Å². The zero-order chi connectivity index (χ0) is 13.0. The van der Waals surface area contributed by atoms with Crippen LogP contribution in [0.2, 0.25) is 10.0 Å². The quantitative estimate of drug-likeness (QED) is 0.627. The Hall–Kier alpha value is -0.930. The fourth-order valence-corrected chi connectivity index (χ4v) is 1.99. The number of halogens is 2. The second-order valence-electron chi connectivity index (χ2n) is 3.79. The molecule has 1 rings (SSSR count). The van der Waals surface area contributed by atoms with E-state index in [9.17, 15) is 15.0 Å². The third kappa shape index (κ3) is 3.27. The van der Waals surface area contributed by atoms with Crippen molar-refractivity contribution < 1.29 is 15.0 Å². The van der Waals surface area contributed by atoms with Gasteiger partial charge in [0, 0.05) is 6.42 Å². The standard InChI is InChI=1S/C12H14Cl2O3/c1-2-3-4-5-9(15)10-11(16)7(13)6-8(14)12(10)17/h6,16-17H,2-5H2,1H3. The van der Waals surface area contributed by atoms with Crippen LogP contribution in [-0.4, -0.2) is 16.0 Å². The molecule has 0 saturated heterocycles. The number of hydrogen-bond donors (Lipinski definition) is 2. The minimum absolute atomic E-state index is 0.0355. The van der Waals surface area contributed by atoms with Gasteiger partial charge in [0.05, 0.1) is 10.0 Å². The second-order valence-corrected chi connectivity index (χ2v) is 4.61. The van der Waals surface area contributed by atoms with Crippen LogP contribution in [0, 0.1) is 0 Å². The van der Waals surface area contributed by atoms with Gasteiger partial charge in [-0.05, 0) is 12.5 Å². The van der Waals surface area contributed by atoms with Gasteiger partial charge < -0.3 is 10.2 Å². The van der Waals surface area contributed by atoms with Gasteiger partial charge >= 0.3 is 0 Å². The third-order valence-corrected chi connectivity index (χ3v) is 3.04. The van der Waals surface area contributed by atoms with Crippen LogP contribution in [0.3, 0.4) is 0 Å². The van der Waals surface area contributed by atoms with Crippen molar-refractivity contribution in [3.05, 3.63) is 21.7 Å². The molecule has 0 bridgehead atoms. The highest BCUT2D eigenvalue weighted by Crippen LogP contribution is 2.40. The molecule has 1 aromatic rings. The molecule has 0 spiro atoms. The first kappa shape index (κ1) is 14.1. The molecule has 0 atom stereocenters. The van der Waals surface area contributed by atoms with E-state index in [1.165, 1.54) is 6.07 Å². The van der Waals surface area contributed by atoms with E-state index in [-0.39, 0.29) is 27.8 Å². The molecule has 5 heteroatoms. The number of phenolic OH excluding ortho intramolecular Hbond substituents is 2. The summed E-state index contributed by atoms with van der Waals surface area (Å²) in [5.41, 5.74) is -0.182. The highest BCUT2D eigenvalue weighted by Gasteiger charge is 2.21. The van der Waals surface area contributed by atoms with Crippen molar-refractivity contribution in [3.8, 4) is 11.5 Å². The monoisotopic (exact) mass is 276 g/mol. The van der Waals surface area contributed by atoms with E-state index in [1.54, 1.807) is 0 Å². The van der Waals surface area contributed by atoms with Gasteiger partial charge in [-0.15, -0.1) is 0 Å². The lowest BCUT2D eigenvalue weighted by Crippen LogP contribution is -2.01. The van der Waals surface area contributed by atoms with Crippen LogP contribution in [-0.2, 0) is 0 Å². The van der Waals surface area contributed by atoms with Crippen LogP contribution in [0.15, 0.2) is 6.07 Å². The number of ketones is 1. The van der Waals surface area contributed by atoms with Gasteiger partial charge in [0.2, 0.25) is 0 Å². The molecular formula is C12H14Cl2O3. The maximum Gasteiger partial charge on any atom is 0.170 e. The number of aromatic hydroxyl groups is 2. The van der Waals surface area contributed by atoms with Crippen LogP contribution < -0.4 is 0 Å². The topological polar surface area (TPSA) is 57.5 Å². The van der Waals surface area contributed by atoms with Crippen LogP contribution in [0.5, 0.6) is 11.5 Å². The predicted octanol–water partition coefficient (Wildman–Crippen LogP) is 4.17. The SMILES string of the molecule is CCCCCC(=O)c1c(O)c(Cl)cc(Cl)c1O. The average molecular weight is 277 g/mol. The second kappa shape index (κ2) is 6.12. The number of carbonyl (C=O) groups is 1. The predicted molar refractivity (Wildman–Crippen MR) is 68.3 cm³/mol. The Morgan fingerprint density at radius 1 is 1.18 bits per heavy atom. The number of hydrogen-bond acceptors (Lipinski definition) is 3. The molecule has 0 fully saturated rings. The maximum absolute atomic E-state index is 11.8. The molecule has 2 N–H and O–H groups in total. The van der Waals surface area contributed by atoms with E-state index in [0.29, 0.717) is 6.42 Å². The van der Waals surface area contributed by atoms with Crippen molar-refractivity contribution in [2.75, 3.05) is 0 Å². The highest BCUT2D eigenvalue weighted by atomic mass is 35.5.